The fourth-order valence-corrected chi connectivity index (χ4v) is 3.15. The second kappa shape index (κ2) is 7.97. The van der Waals surface area contributed by atoms with Crippen LogP contribution in [0.15, 0.2) is 65.4 Å². The van der Waals surface area contributed by atoms with Crippen molar-refractivity contribution >= 4 is 28.9 Å². The molecular weight excluding hydrogens is 346 g/mol. The Hall–Kier alpha value is -2.92. The molecule has 1 N–H and O–H groups in total. The number of thiophene rings is 1. The molecule has 1 amide bonds. The van der Waals surface area contributed by atoms with Crippen LogP contribution in [0.5, 0.6) is 0 Å². The fraction of sp³-hybridized carbons (Fsp3) is 0.143. The lowest BCUT2D eigenvalue weighted by Crippen LogP contribution is -2.26. The molecule has 1 aromatic heterocycles. The van der Waals surface area contributed by atoms with Gasteiger partial charge in [0.1, 0.15) is 0 Å². The number of carbonyl (C=O) groups is 2. The van der Waals surface area contributed by atoms with Crippen LogP contribution in [-0.2, 0) is 9.53 Å². The van der Waals surface area contributed by atoms with Crippen molar-refractivity contribution in [3.63, 3.8) is 0 Å². The number of anilines is 1. The Kier molecular flexibility index (Phi) is 5.49. The van der Waals surface area contributed by atoms with Crippen molar-refractivity contribution in [1.82, 2.24) is 0 Å². The third kappa shape index (κ3) is 4.18. The number of aryl methyl sites for hydroxylation is 2. The Bertz CT molecular complexity index is 904. The summed E-state index contributed by atoms with van der Waals surface area (Å²) in [5.74, 6) is -0.898. The zero-order valence-electron chi connectivity index (χ0n) is 14.6. The molecule has 4 nitrogen and oxygen atoms in total. The van der Waals surface area contributed by atoms with Gasteiger partial charge in [0.2, 0.25) is 6.10 Å². The maximum Gasteiger partial charge on any atom is 0.340 e. The highest BCUT2D eigenvalue weighted by molar-refractivity contribution is 7.08. The van der Waals surface area contributed by atoms with Crippen LogP contribution in [0.25, 0.3) is 0 Å². The molecule has 132 valence electrons. The summed E-state index contributed by atoms with van der Waals surface area (Å²) in [5, 5.41) is 6.38. The molecule has 0 bridgehead atoms. The standard InChI is InChI=1S/C21H19NO3S/c1-14-8-9-15(2)18(12-14)22-20(23)19(16-6-4-3-5-7-16)25-21(24)17-10-11-26-13-17/h3-13,19H,1-2H3,(H,22,23). The van der Waals surface area contributed by atoms with Gasteiger partial charge in [-0.05, 0) is 42.5 Å². The number of hydrogen-bond acceptors (Lipinski definition) is 4. The first-order chi connectivity index (χ1) is 12.5. The van der Waals surface area contributed by atoms with Crippen molar-refractivity contribution in [3.8, 4) is 0 Å². The lowest BCUT2D eigenvalue weighted by atomic mass is 10.1. The number of rotatable bonds is 5. The molecule has 1 unspecified atom stereocenters. The lowest BCUT2D eigenvalue weighted by molar-refractivity contribution is -0.125. The SMILES string of the molecule is Cc1ccc(C)c(NC(=O)C(OC(=O)c2ccsc2)c2ccccc2)c1. The molecular formula is C21H19NO3S. The van der Waals surface area contributed by atoms with E-state index < -0.39 is 12.1 Å². The van der Waals surface area contributed by atoms with Gasteiger partial charge >= 0.3 is 5.97 Å². The minimum absolute atomic E-state index is 0.381. The number of ether oxygens (including phenoxy) is 1. The first-order valence-corrected chi connectivity index (χ1v) is 9.15. The molecule has 0 fully saturated rings. The third-order valence-corrected chi connectivity index (χ3v) is 4.66. The number of esters is 1. The summed E-state index contributed by atoms with van der Waals surface area (Å²) in [6, 6.07) is 16.5. The van der Waals surface area contributed by atoms with Gasteiger partial charge in [-0.1, -0.05) is 42.5 Å². The van der Waals surface area contributed by atoms with Crippen molar-refractivity contribution in [2.24, 2.45) is 0 Å². The molecule has 0 aliphatic carbocycles. The van der Waals surface area contributed by atoms with E-state index in [-0.39, 0.29) is 5.91 Å². The van der Waals surface area contributed by atoms with Crippen molar-refractivity contribution in [2.45, 2.75) is 20.0 Å². The minimum Gasteiger partial charge on any atom is -0.444 e. The third-order valence-electron chi connectivity index (χ3n) is 3.97. The van der Waals surface area contributed by atoms with E-state index in [1.807, 2.05) is 50.2 Å². The second-order valence-electron chi connectivity index (χ2n) is 6.02. The topological polar surface area (TPSA) is 55.4 Å². The highest BCUT2D eigenvalue weighted by Crippen LogP contribution is 2.24. The molecule has 5 heteroatoms. The molecule has 1 atom stereocenters. The van der Waals surface area contributed by atoms with E-state index in [2.05, 4.69) is 5.32 Å². The van der Waals surface area contributed by atoms with Crippen LogP contribution < -0.4 is 5.32 Å². The smallest absolute Gasteiger partial charge is 0.340 e. The van der Waals surface area contributed by atoms with Gasteiger partial charge < -0.3 is 10.1 Å². The van der Waals surface area contributed by atoms with E-state index >= 15 is 0 Å². The Balaban J connectivity index is 1.86. The van der Waals surface area contributed by atoms with Crippen molar-refractivity contribution in [2.75, 3.05) is 5.32 Å². The Morgan fingerprint density at radius 3 is 2.50 bits per heavy atom. The normalized spacial score (nSPS) is 11.6. The summed E-state index contributed by atoms with van der Waals surface area (Å²) in [7, 11) is 0. The van der Waals surface area contributed by atoms with E-state index in [0.29, 0.717) is 16.8 Å². The van der Waals surface area contributed by atoms with Gasteiger partial charge in [0, 0.05) is 16.6 Å². The van der Waals surface area contributed by atoms with Gasteiger partial charge in [0.15, 0.2) is 0 Å². The molecule has 0 aliphatic heterocycles. The van der Waals surface area contributed by atoms with Gasteiger partial charge in [-0.2, -0.15) is 11.3 Å². The number of benzene rings is 2. The summed E-state index contributed by atoms with van der Waals surface area (Å²) in [4.78, 5) is 25.3. The Labute approximate surface area is 156 Å². The molecule has 0 saturated heterocycles. The highest BCUT2D eigenvalue weighted by atomic mass is 32.1. The zero-order chi connectivity index (χ0) is 18.5. The molecule has 0 radical (unpaired) electrons. The number of nitrogens with one attached hydrogen (secondary N) is 1. The quantitative estimate of drug-likeness (QED) is 0.654. The van der Waals surface area contributed by atoms with Crippen LogP contribution in [0.2, 0.25) is 0 Å². The van der Waals surface area contributed by atoms with E-state index in [1.165, 1.54) is 11.3 Å². The van der Waals surface area contributed by atoms with Crippen molar-refractivity contribution in [1.29, 1.82) is 0 Å². The summed E-state index contributed by atoms with van der Waals surface area (Å²) in [6.07, 6.45) is -1.02. The van der Waals surface area contributed by atoms with Gasteiger partial charge in [-0.25, -0.2) is 4.79 Å². The average molecular weight is 365 g/mol. The number of hydrogen-bond donors (Lipinski definition) is 1. The predicted molar refractivity (Wildman–Crippen MR) is 103 cm³/mol. The fourth-order valence-electron chi connectivity index (χ4n) is 2.53. The average Bonchev–Trinajstić information content (AvgIpc) is 3.18. The first kappa shape index (κ1) is 17.9. The molecule has 0 spiro atoms. The van der Waals surface area contributed by atoms with Crippen LogP contribution in [0.4, 0.5) is 5.69 Å². The van der Waals surface area contributed by atoms with Gasteiger partial charge in [-0.15, -0.1) is 0 Å². The first-order valence-electron chi connectivity index (χ1n) is 8.21. The Morgan fingerprint density at radius 1 is 1.04 bits per heavy atom. The minimum atomic E-state index is -1.02. The van der Waals surface area contributed by atoms with E-state index in [0.717, 1.165) is 11.1 Å². The molecule has 3 rings (SSSR count). The van der Waals surface area contributed by atoms with E-state index in [1.54, 1.807) is 29.0 Å². The summed E-state index contributed by atoms with van der Waals surface area (Å²) < 4.78 is 5.54. The van der Waals surface area contributed by atoms with Crippen LogP contribution in [-0.4, -0.2) is 11.9 Å². The number of amides is 1. The van der Waals surface area contributed by atoms with Crippen LogP contribution in [0.3, 0.4) is 0 Å². The largest absolute Gasteiger partial charge is 0.444 e. The molecule has 0 aliphatic rings. The molecule has 26 heavy (non-hydrogen) atoms. The summed E-state index contributed by atoms with van der Waals surface area (Å²) >= 11 is 1.40. The molecule has 0 saturated carbocycles. The van der Waals surface area contributed by atoms with Crippen LogP contribution >= 0.6 is 11.3 Å². The number of carbonyl (C=O) groups excluding carboxylic acids is 2. The van der Waals surface area contributed by atoms with Crippen molar-refractivity contribution in [3.05, 3.63) is 87.6 Å². The van der Waals surface area contributed by atoms with E-state index in [9.17, 15) is 9.59 Å². The molecule has 1 heterocycles. The monoisotopic (exact) mass is 365 g/mol. The maximum absolute atomic E-state index is 12.9. The summed E-state index contributed by atoms with van der Waals surface area (Å²) in [6.45, 7) is 3.88. The van der Waals surface area contributed by atoms with Gasteiger partial charge in [0.05, 0.1) is 5.56 Å². The second-order valence-corrected chi connectivity index (χ2v) is 6.80. The highest BCUT2D eigenvalue weighted by Gasteiger charge is 2.26. The van der Waals surface area contributed by atoms with Gasteiger partial charge in [0.25, 0.3) is 5.91 Å². The van der Waals surface area contributed by atoms with Gasteiger partial charge in [-0.3, -0.25) is 4.79 Å². The lowest BCUT2D eigenvalue weighted by Gasteiger charge is -2.19. The summed E-state index contributed by atoms with van der Waals surface area (Å²) in [5.41, 5.74) is 3.76. The van der Waals surface area contributed by atoms with Crippen LogP contribution in [0.1, 0.15) is 33.2 Å². The molecule has 3 aromatic rings. The zero-order valence-corrected chi connectivity index (χ0v) is 15.4. The van der Waals surface area contributed by atoms with E-state index in [4.69, 9.17) is 4.74 Å². The predicted octanol–water partition coefficient (Wildman–Crippen LogP) is 4.90. The maximum atomic E-state index is 12.9. The molecule has 2 aromatic carbocycles. The van der Waals surface area contributed by atoms with Crippen molar-refractivity contribution < 1.29 is 14.3 Å². The van der Waals surface area contributed by atoms with Crippen LogP contribution in [0, 0.1) is 13.8 Å². The Morgan fingerprint density at radius 2 is 1.81 bits per heavy atom.